The molecule has 0 atom stereocenters. The van der Waals surface area contributed by atoms with E-state index in [1.165, 1.54) is 0 Å². The van der Waals surface area contributed by atoms with Crippen molar-refractivity contribution in [2.45, 2.75) is 12.8 Å². The number of hydrogen-bond donors (Lipinski definition) is 2. The van der Waals surface area contributed by atoms with Crippen LogP contribution >= 0.6 is 0 Å². The molecule has 1 rings (SSSR count). The van der Waals surface area contributed by atoms with Gasteiger partial charge in [-0.1, -0.05) is 0 Å². The molecule has 0 aliphatic carbocycles. The van der Waals surface area contributed by atoms with Gasteiger partial charge in [-0.3, -0.25) is 0 Å². The van der Waals surface area contributed by atoms with Gasteiger partial charge < -0.3 is 20.3 Å². The molecule has 5 heteroatoms. The van der Waals surface area contributed by atoms with Gasteiger partial charge in [-0.15, -0.1) is 0 Å². The molecule has 17 heavy (non-hydrogen) atoms. The third kappa shape index (κ3) is 5.77. The van der Waals surface area contributed by atoms with Gasteiger partial charge in [0.05, 0.1) is 6.61 Å². The number of nitrogen functional groups attached to an aromatic ring is 1. The summed E-state index contributed by atoms with van der Waals surface area (Å²) in [5.41, 5.74) is 6.15. The molecule has 0 saturated carbocycles. The van der Waals surface area contributed by atoms with E-state index < -0.39 is 5.97 Å². The largest absolute Gasteiger partial charge is 0.482 e. The Bertz CT molecular complexity index is 337. The van der Waals surface area contributed by atoms with Crippen LogP contribution in [0.5, 0.6) is 5.75 Å². The molecule has 0 aromatic heterocycles. The Morgan fingerprint density at radius 2 is 1.94 bits per heavy atom. The summed E-state index contributed by atoms with van der Waals surface area (Å²) in [6.07, 6.45) is 1.29. The van der Waals surface area contributed by atoms with Crippen LogP contribution in [-0.4, -0.2) is 30.9 Å². The molecule has 0 bridgehead atoms. The van der Waals surface area contributed by atoms with Crippen LogP contribution < -0.4 is 10.5 Å². The van der Waals surface area contributed by atoms with E-state index in [1.807, 2.05) is 0 Å². The minimum atomic E-state index is -0.417. The van der Waals surface area contributed by atoms with Crippen LogP contribution in [-0.2, 0) is 9.53 Å². The van der Waals surface area contributed by atoms with Gasteiger partial charge >= 0.3 is 5.97 Å². The number of ether oxygens (including phenoxy) is 2. The quantitative estimate of drug-likeness (QED) is 0.421. The lowest BCUT2D eigenvalue weighted by molar-refractivity contribution is -0.146. The van der Waals surface area contributed by atoms with Crippen molar-refractivity contribution in [2.24, 2.45) is 0 Å². The summed E-state index contributed by atoms with van der Waals surface area (Å²) in [7, 11) is 0. The van der Waals surface area contributed by atoms with Crippen molar-refractivity contribution in [3.8, 4) is 5.75 Å². The highest BCUT2D eigenvalue weighted by molar-refractivity contribution is 5.71. The number of benzene rings is 1. The maximum absolute atomic E-state index is 11.2. The van der Waals surface area contributed by atoms with E-state index in [1.54, 1.807) is 24.3 Å². The molecule has 0 radical (unpaired) electrons. The topological polar surface area (TPSA) is 81.8 Å². The number of carbonyl (C=O) groups is 1. The van der Waals surface area contributed by atoms with E-state index in [4.69, 9.17) is 20.3 Å². The van der Waals surface area contributed by atoms with Crippen molar-refractivity contribution >= 4 is 11.7 Å². The number of nitrogens with two attached hydrogens (primary N) is 1. The molecule has 0 aliphatic rings. The fourth-order valence-corrected chi connectivity index (χ4v) is 1.15. The van der Waals surface area contributed by atoms with Gasteiger partial charge in [0.1, 0.15) is 5.75 Å². The Hall–Kier alpha value is -1.75. The van der Waals surface area contributed by atoms with Gasteiger partial charge in [0, 0.05) is 12.3 Å². The van der Waals surface area contributed by atoms with Crippen LogP contribution in [0.4, 0.5) is 5.69 Å². The standard InChI is InChI=1S/C12H17NO4/c13-10-3-5-11(6-4-10)17-9-12(15)16-8-2-1-7-14/h3-6,14H,1-2,7-9,13H2. The van der Waals surface area contributed by atoms with E-state index >= 15 is 0 Å². The fraction of sp³-hybridized carbons (Fsp3) is 0.417. The lowest BCUT2D eigenvalue weighted by Gasteiger charge is -2.06. The van der Waals surface area contributed by atoms with Gasteiger partial charge in [-0.05, 0) is 37.1 Å². The summed E-state index contributed by atoms with van der Waals surface area (Å²) in [6, 6.07) is 6.77. The van der Waals surface area contributed by atoms with Gasteiger partial charge in [0.25, 0.3) is 0 Å². The predicted molar refractivity (Wildman–Crippen MR) is 63.6 cm³/mol. The molecule has 0 unspecified atom stereocenters. The third-order valence-corrected chi connectivity index (χ3v) is 2.05. The fourth-order valence-electron chi connectivity index (χ4n) is 1.15. The summed E-state index contributed by atoms with van der Waals surface area (Å²) < 4.78 is 10.1. The maximum Gasteiger partial charge on any atom is 0.344 e. The zero-order chi connectivity index (χ0) is 12.5. The minimum absolute atomic E-state index is 0.111. The van der Waals surface area contributed by atoms with Crippen molar-refractivity contribution in [3.05, 3.63) is 24.3 Å². The molecule has 94 valence electrons. The highest BCUT2D eigenvalue weighted by Crippen LogP contribution is 2.12. The molecule has 0 fully saturated rings. The second-order valence-electron chi connectivity index (χ2n) is 3.51. The Balaban J connectivity index is 2.17. The zero-order valence-electron chi connectivity index (χ0n) is 9.59. The lowest BCUT2D eigenvalue weighted by atomic mass is 10.3. The third-order valence-electron chi connectivity index (χ3n) is 2.05. The smallest absolute Gasteiger partial charge is 0.344 e. The molecule has 0 amide bonds. The van der Waals surface area contributed by atoms with Crippen LogP contribution in [0.25, 0.3) is 0 Å². The van der Waals surface area contributed by atoms with Crippen molar-refractivity contribution in [1.29, 1.82) is 0 Å². The van der Waals surface area contributed by atoms with Crippen LogP contribution in [0.15, 0.2) is 24.3 Å². The van der Waals surface area contributed by atoms with E-state index in [9.17, 15) is 4.79 Å². The van der Waals surface area contributed by atoms with Crippen molar-refractivity contribution < 1.29 is 19.4 Å². The summed E-state index contributed by atoms with van der Waals surface area (Å²) >= 11 is 0. The highest BCUT2D eigenvalue weighted by Gasteiger charge is 2.03. The second-order valence-corrected chi connectivity index (χ2v) is 3.51. The SMILES string of the molecule is Nc1ccc(OCC(=O)OCCCCO)cc1. The van der Waals surface area contributed by atoms with Crippen molar-refractivity contribution in [1.82, 2.24) is 0 Å². The van der Waals surface area contributed by atoms with E-state index in [0.29, 0.717) is 30.9 Å². The van der Waals surface area contributed by atoms with Crippen LogP contribution in [0, 0.1) is 0 Å². The normalized spacial score (nSPS) is 9.94. The first kappa shape index (κ1) is 13.3. The molecule has 0 aliphatic heterocycles. The number of hydrogen-bond acceptors (Lipinski definition) is 5. The van der Waals surface area contributed by atoms with Crippen LogP contribution in [0.1, 0.15) is 12.8 Å². The molecule has 1 aromatic rings. The van der Waals surface area contributed by atoms with E-state index in [0.717, 1.165) is 0 Å². The Labute approximate surface area is 100 Å². The zero-order valence-corrected chi connectivity index (χ0v) is 9.59. The molecule has 0 spiro atoms. The van der Waals surface area contributed by atoms with Crippen molar-refractivity contribution in [2.75, 3.05) is 25.6 Å². The predicted octanol–water partition coefficient (Wildman–Crippen LogP) is 0.963. The number of esters is 1. The summed E-state index contributed by atoms with van der Waals surface area (Å²) in [6.45, 7) is 0.299. The minimum Gasteiger partial charge on any atom is -0.482 e. The number of aliphatic hydroxyl groups excluding tert-OH is 1. The van der Waals surface area contributed by atoms with E-state index in [2.05, 4.69) is 0 Å². The summed E-state index contributed by atoms with van der Waals surface area (Å²) in [5, 5.41) is 8.53. The maximum atomic E-state index is 11.2. The van der Waals surface area contributed by atoms with Gasteiger partial charge in [0.2, 0.25) is 0 Å². The molecule has 0 saturated heterocycles. The van der Waals surface area contributed by atoms with Gasteiger partial charge in [-0.25, -0.2) is 4.79 Å². The molecule has 5 nitrogen and oxygen atoms in total. The lowest BCUT2D eigenvalue weighted by Crippen LogP contribution is -2.15. The van der Waals surface area contributed by atoms with E-state index in [-0.39, 0.29) is 13.2 Å². The Morgan fingerprint density at radius 3 is 2.59 bits per heavy atom. The van der Waals surface area contributed by atoms with Crippen LogP contribution in [0.2, 0.25) is 0 Å². The summed E-state index contributed by atoms with van der Waals surface area (Å²) in [5.74, 6) is 0.159. The first-order chi connectivity index (χ1) is 8.22. The molecule has 1 aromatic carbocycles. The Kier molecular flexibility index (Phi) is 5.88. The van der Waals surface area contributed by atoms with Gasteiger partial charge in [0.15, 0.2) is 6.61 Å². The van der Waals surface area contributed by atoms with Crippen molar-refractivity contribution in [3.63, 3.8) is 0 Å². The second kappa shape index (κ2) is 7.51. The number of carbonyl (C=O) groups excluding carboxylic acids is 1. The van der Waals surface area contributed by atoms with Crippen LogP contribution in [0.3, 0.4) is 0 Å². The average molecular weight is 239 g/mol. The number of anilines is 1. The number of rotatable bonds is 7. The monoisotopic (exact) mass is 239 g/mol. The highest BCUT2D eigenvalue weighted by atomic mass is 16.6. The molecule has 0 heterocycles. The first-order valence-corrected chi connectivity index (χ1v) is 5.47. The number of aliphatic hydroxyl groups is 1. The molecular weight excluding hydrogens is 222 g/mol. The summed E-state index contributed by atoms with van der Waals surface area (Å²) in [4.78, 5) is 11.2. The average Bonchev–Trinajstić information content (AvgIpc) is 2.34. The Morgan fingerprint density at radius 1 is 1.24 bits per heavy atom. The first-order valence-electron chi connectivity index (χ1n) is 5.47. The molecular formula is C12H17NO4. The van der Waals surface area contributed by atoms with Gasteiger partial charge in [-0.2, -0.15) is 0 Å². The molecule has 3 N–H and O–H groups in total. The number of unbranched alkanes of at least 4 members (excludes halogenated alkanes) is 1.